The lowest BCUT2D eigenvalue weighted by Crippen LogP contribution is -2.64. The van der Waals surface area contributed by atoms with E-state index in [1.54, 1.807) is 13.8 Å². The number of Topliss-reactive ketones (excluding diaryl/α,β-unsaturated/α-hetero) is 1. The van der Waals surface area contributed by atoms with Crippen molar-refractivity contribution in [1.82, 2.24) is 15.2 Å². The summed E-state index contributed by atoms with van der Waals surface area (Å²) in [6.07, 6.45) is -0.0133. The second kappa shape index (κ2) is 15.5. The number of phenolic OH excluding ortho intramolecular Hbond substituents is 2. The van der Waals surface area contributed by atoms with Crippen molar-refractivity contribution in [3.8, 4) is 11.5 Å². The summed E-state index contributed by atoms with van der Waals surface area (Å²) in [5.74, 6) is -6.51. The number of amides is 2. The number of rotatable bonds is 15. The number of benzene rings is 1. The molecule has 16 nitrogen and oxygen atoms in total. The van der Waals surface area contributed by atoms with Gasteiger partial charge in [0.15, 0.2) is 28.1 Å². The zero-order chi connectivity index (χ0) is 37.2. The lowest BCUT2D eigenvalue weighted by molar-refractivity contribution is -0.911. The minimum atomic E-state index is -1.51. The smallest absolute Gasteiger partial charge is 0.348 e. The number of carbonyl (C=O) groups is 5. The Morgan fingerprint density at radius 2 is 1.92 bits per heavy atom. The molecule has 0 aliphatic carbocycles. The number of thioether (sulfide) groups is 1. The van der Waals surface area contributed by atoms with Gasteiger partial charge in [-0.25, -0.2) is 9.78 Å². The summed E-state index contributed by atoms with van der Waals surface area (Å²) in [6.45, 7) is 5.69. The number of nitrogens with one attached hydrogen (secondary N) is 1. The second-order valence-corrected chi connectivity index (χ2v) is 15.7. The minimum absolute atomic E-state index is 0.0122. The fourth-order valence-corrected chi connectivity index (χ4v) is 8.85. The molecule has 1 aromatic heterocycles. The number of aromatic nitrogens is 1. The quantitative estimate of drug-likeness (QED) is 0.0563. The summed E-state index contributed by atoms with van der Waals surface area (Å²) in [7, 11) is 0. The van der Waals surface area contributed by atoms with E-state index in [2.05, 4.69) is 15.5 Å². The number of phenols is 2. The van der Waals surface area contributed by atoms with Gasteiger partial charge in [0.2, 0.25) is 12.0 Å². The molecule has 2 saturated heterocycles. The molecule has 0 radical (unpaired) electrons. The molecule has 3 aliphatic rings. The number of halogens is 1. The fourth-order valence-electron chi connectivity index (χ4n) is 6.52. The molecule has 3 aliphatic heterocycles. The number of nitrogens with zero attached hydrogens (tertiary/aromatic N) is 4. The van der Waals surface area contributed by atoms with E-state index < -0.39 is 70.7 Å². The lowest BCUT2D eigenvalue weighted by Gasteiger charge is -2.51. The SMILES string of the molecule is CC(C)[C@H](O/N=C(\C(=O)C[C@@H]1C(=O)N2C(C(=O)[O-])=C(C[N+]3(CCNC(=O)c4ccc(O)c(O)c4)CCCC3)CS[C@H]12)c1nc(N)sc1Cl)C(=O)O. The number of oxime groups is 1. The third-order valence-corrected chi connectivity index (χ3v) is 11.6. The molecule has 3 atom stereocenters. The van der Waals surface area contributed by atoms with Gasteiger partial charge < -0.3 is 45.6 Å². The van der Waals surface area contributed by atoms with Crippen LogP contribution < -0.4 is 16.2 Å². The van der Waals surface area contributed by atoms with Gasteiger partial charge in [-0.15, -0.1) is 11.8 Å². The highest BCUT2D eigenvalue weighted by Crippen LogP contribution is 2.46. The second-order valence-electron chi connectivity index (χ2n) is 12.9. The molecule has 0 saturated carbocycles. The van der Waals surface area contributed by atoms with E-state index in [9.17, 15) is 44.4 Å². The van der Waals surface area contributed by atoms with Gasteiger partial charge in [-0.05, 0) is 18.2 Å². The monoisotopic (exact) mass is 764 g/mol. The Morgan fingerprint density at radius 3 is 2.51 bits per heavy atom. The van der Waals surface area contributed by atoms with Crippen LogP contribution in [0.25, 0.3) is 0 Å². The average molecular weight is 765 g/mol. The predicted molar refractivity (Wildman–Crippen MR) is 185 cm³/mol. The van der Waals surface area contributed by atoms with Crippen LogP contribution in [0.5, 0.6) is 11.5 Å². The number of β-lactam (4-membered cyclic amide) rings is 1. The molecule has 2 fully saturated rings. The highest BCUT2D eigenvalue weighted by Gasteiger charge is 2.53. The maximum Gasteiger partial charge on any atom is 0.348 e. The van der Waals surface area contributed by atoms with Gasteiger partial charge in [-0.3, -0.25) is 19.3 Å². The number of carboxylic acids is 2. The molecule has 2 amide bonds. The summed E-state index contributed by atoms with van der Waals surface area (Å²) in [6, 6.07) is 3.76. The predicted octanol–water partition coefficient (Wildman–Crippen LogP) is 1.15. The van der Waals surface area contributed by atoms with Crippen molar-refractivity contribution in [1.29, 1.82) is 0 Å². The Hall–Kier alpha value is -4.39. The number of hydrogen-bond donors (Lipinski definition) is 5. The molecule has 274 valence electrons. The highest BCUT2D eigenvalue weighted by molar-refractivity contribution is 8.00. The van der Waals surface area contributed by atoms with Crippen LogP contribution in [0.1, 0.15) is 49.2 Å². The molecule has 0 unspecified atom stereocenters. The minimum Gasteiger partial charge on any atom is -0.543 e. The first-order chi connectivity index (χ1) is 24.1. The first-order valence-corrected chi connectivity index (χ1v) is 18.3. The van der Waals surface area contributed by atoms with E-state index >= 15 is 0 Å². The van der Waals surface area contributed by atoms with E-state index in [1.807, 2.05) is 0 Å². The molecule has 2 aromatic rings. The number of carbonyl (C=O) groups excluding carboxylic acids is 4. The number of aliphatic carboxylic acids is 2. The average Bonchev–Trinajstić information content (AvgIpc) is 3.67. The van der Waals surface area contributed by atoms with Crippen molar-refractivity contribution >= 4 is 75.1 Å². The number of likely N-dealkylation sites (tertiary alicyclic amines) is 1. The number of quaternary nitrogens is 1. The maximum absolute atomic E-state index is 13.6. The van der Waals surface area contributed by atoms with E-state index in [0.29, 0.717) is 23.1 Å². The fraction of sp³-hybridized carbons (Fsp3) is 0.469. The first kappa shape index (κ1) is 37.9. The molecule has 0 bridgehead atoms. The Bertz CT molecular complexity index is 1810. The Kier molecular flexibility index (Phi) is 11.5. The molecule has 51 heavy (non-hydrogen) atoms. The van der Waals surface area contributed by atoms with Crippen LogP contribution in [0.2, 0.25) is 4.34 Å². The van der Waals surface area contributed by atoms with Crippen LogP contribution in [-0.2, 0) is 24.0 Å². The number of fused-ring (bicyclic) bond motifs is 1. The molecule has 19 heteroatoms. The third-order valence-electron chi connectivity index (χ3n) is 9.10. The van der Waals surface area contributed by atoms with Crippen molar-refractivity contribution in [2.24, 2.45) is 17.0 Å². The van der Waals surface area contributed by atoms with Crippen LogP contribution >= 0.6 is 34.7 Å². The number of anilines is 1. The zero-order valence-corrected chi connectivity index (χ0v) is 30.1. The van der Waals surface area contributed by atoms with Gasteiger partial charge in [0, 0.05) is 42.1 Å². The number of nitrogens with two attached hydrogens (primary N) is 1. The van der Waals surface area contributed by atoms with E-state index in [4.69, 9.17) is 22.2 Å². The normalized spacial score (nSPS) is 20.5. The topological polar surface area (TPSA) is 245 Å². The Labute approximate surface area is 305 Å². The van der Waals surface area contributed by atoms with Gasteiger partial charge in [0.1, 0.15) is 16.6 Å². The molecule has 6 N–H and O–H groups in total. The largest absolute Gasteiger partial charge is 0.543 e. The van der Waals surface area contributed by atoms with Crippen molar-refractivity contribution in [3.63, 3.8) is 0 Å². The van der Waals surface area contributed by atoms with Crippen molar-refractivity contribution in [2.75, 3.05) is 44.2 Å². The molecule has 5 rings (SSSR count). The third kappa shape index (κ3) is 8.08. The summed E-state index contributed by atoms with van der Waals surface area (Å²) >= 11 is 8.45. The molecule has 1 aromatic carbocycles. The summed E-state index contributed by atoms with van der Waals surface area (Å²) < 4.78 is 0.492. The van der Waals surface area contributed by atoms with E-state index in [-0.39, 0.29) is 44.5 Å². The van der Waals surface area contributed by atoms with Gasteiger partial charge in [-0.2, -0.15) is 0 Å². The Balaban J connectivity index is 1.30. The lowest BCUT2D eigenvalue weighted by atomic mass is 9.89. The van der Waals surface area contributed by atoms with Gasteiger partial charge in [-0.1, -0.05) is 41.9 Å². The van der Waals surface area contributed by atoms with Crippen LogP contribution in [0.15, 0.2) is 34.6 Å². The summed E-state index contributed by atoms with van der Waals surface area (Å²) in [5.41, 5.74) is 5.70. The number of carboxylic acid groups (broad SMARTS) is 2. The number of nitrogen functional groups attached to an aromatic ring is 1. The van der Waals surface area contributed by atoms with E-state index in [0.717, 1.165) is 48.2 Å². The van der Waals surface area contributed by atoms with E-state index in [1.165, 1.54) is 23.9 Å². The number of aromatic hydroxyl groups is 2. The zero-order valence-electron chi connectivity index (χ0n) is 27.7. The molecule has 0 spiro atoms. The molecular weight excluding hydrogens is 728 g/mol. The van der Waals surface area contributed by atoms with Crippen LogP contribution in [0.3, 0.4) is 0 Å². The number of thiazole rings is 1. The van der Waals surface area contributed by atoms with Crippen molar-refractivity contribution in [2.45, 2.75) is 44.6 Å². The van der Waals surface area contributed by atoms with Crippen LogP contribution in [-0.4, -0.2) is 115 Å². The van der Waals surface area contributed by atoms with Gasteiger partial charge >= 0.3 is 5.97 Å². The maximum atomic E-state index is 13.6. The van der Waals surface area contributed by atoms with Crippen molar-refractivity contribution in [3.05, 3.63) is 45.1 Å². The standard InChI is InChI=1S/C32H37ClN6O10S2/c1-15(2)25(31(47)48)49-37-22(23-26(33)51-32(34)36-23)21(42)12-18-28(44)38-24(30(45)46)17(14-50-29(18)38)13-39(8-3-4-9-39)10-7-35-27(43)16-5-6-19(40)20(41)11-16/h5-6,11,15,18,25,29H,3-4,7-10,12-14H2,1-2H3,(H6-,34,35,36,37,40,41,42,43,45,46,47,48)/t18-,25+,29-/m1/s1. The Morgan fingerprint density at radius 1 is 1.22 bits per heavy atom. The van der Waals surface area contributed by atoms with Gasteiger partial charge in [0.05, 0.1) is 49.1 Å². The molecule has 4 heterocycles. The molecular formula is C32H37ClN6O10S2. The van der Waals surface area contributed by atoms with Crippen LogP contribution in [0.4, 0.5) is 5.13 Å². The van der Waals surface area contributed by atoms with Gasteiger partial charge in [0.25, 0.3) is 5.91 Å². The number of ketones is 1. The highest BCUT2D eigenvalue weighted by atomic mass is 35.5. The summed E-state index contributed by atoms with van der Waals surface area (Å²) in [5, 5.41) is 47.3. The van der Waals surface area contributed by atoms with Crippen LogP contribution in [0, 0.1) is 11.8 Å². The first-order valence-electron chi connectivity index (χ1n) is 16.1. The van der Waals surface area contributed by atoms with Crippen molar-refractivity contribution < 1.29 is 53.7 Å². The summed E-state index contributed by atoms with van der Waals surface area (Å²) in [4.78, 5) is 74.5. The number of hydrogen-bond acceptors (Lipinski definition) is 14.